The number of hydrogen-bond acceptors (Lipinski definition) is 1. The maximum Gasteiger partial charge on any atom is 0.123 e. The molecule has 0 aliphatic carbocycles. The maximum atomic E-state index is 12.8. The lowest BCUT2D eigenvalue weighted by Gasteiger charge is -2.31. The van der Waals surface area contributed by atoms with Crippen LogP contribution in [0.1, 0.15) is 44.6 Å². The van der Waals surface area contributed by atoms with Crippen molar-refractivity contribution < 1.29 is 4.39 Å². The lowest BCUT2D eigenvalue weighted by atomic mass is 9.96. The van der Waals surface area contributed by atoms with E-state index in [-0.39, 0.29) is 18.2 Å². The molecule has 0 aromatic heterocycles. The molecule has 1 saturated heterocycles. The summed E-state index contributed by atoms with van der Waals surface area (Å²) in [6.07, 6.45) is 11.0. The average molecular weight is 312 g/mol. The standard InChI is InChI=1S/C18H26FN.ClH/c1-2-3-4-13-20-14-5-6-17(15-20)8-7-16-9-11-18(19)12-10-16;/h7-12,17H,2-6,13-15H2,1H3;1H/b8-7-;. The molecule has 1 nitrogen and oxygen atoms in total. The van der Waals surface area contributed by atoms with E-state index in [1.54, 1.807) is 0 Å². The molecule has 3 heteroatoms. The predicted octanol–water partition coefficient (Wildman–Crippen LogP) is 5.16. The van der Waals surface area contributed by atoms with Crippen LogP contribution in [0, 0.1) is 11.7 Å². The first-order valence-corrected chi connectivity index (χ1v) is 7.94. The molecule has 0 bridgehead atoms. The lowest BCUT2D eigenvalue weighted by Crippen LogP contribution is -2.35. The van der Waals surface area contributed by atoms with E-state index in [0.29, 0.717) is 5.92 Å². The normalized spacial score (nSPS) is 19.6. The molecule has 21 heavy (non-hydrogen) atoms. The van der Waals surface area contributed by atoms with E-state index in [4.69, 9.17) is 0 Å². The third-order valence-electron chi connectivity index (χ3n) is 4.05. The van der Waals surface area contributed by atoms with Gasteiger partial charge in [0.05, 0.1) is 0 Å². The number of likely N-dealkylation sites (tertiary alicyclic amines) is 1. The van der Waals surface area contributed by atoms with Crippen molar-refractivity contribution in [3.05, 3.63) is 41.7 Å². The van der Waals surface area contributed by atoms with E-state index in [2.05, 4.69) is 24.0 Å². The third kappa shape index (κ3) is 6.62. The van der Waals surface area contributed by atoms with Gasteiger partial charge in [-0.25, -0.2) is 4.39 Å². The van der Waals surface area contributed by atoms with Crippen LogP contribution < -0.4 is 0 Å². The van der Waals surface area contributed by atoms with Crippen molar-refractivity contribution in [1.29, 1.82) is 0 Å². The molecule has 1 atom stereocenters. The van der Waals surface area contributed by atoms with Crippen molar-refractivity contribution in [3.8, 4) is 0 Å². The largest absolute Gasteiger partial charge is 0.303 e. The first-order valence-electron chi connectivity index (χ1n) is 7.94. The number of piperidine rings is 1. The quantitative estimate of drug-likeness (QED) is 0.656. The molecular formula is C18H27ClFN. The second-order valence-corrected chi connectivity index (χ2v) is 5.82. The summed E-state index contributed by atoms with van der Waals surface area (Å²) in [6, 6.07) is 6.73. The van der Waals surface area contributed by atoms with E-state index in [0.717, 1.165) is 5.56 Å². The molecule has 1 aliphatic heterocycles. The number of rotatable bonds is 6. The van der Waals surface area contributed by atoms with Crippen LogP contribution in [0.3, 0.4) is 0 Å². The second kappa shape index (κ2) is 9.97. The van der Waals surface area contributed by atoms with Crippen LogP contribution in [0.25, 0.3) is 6.08 Å². The minimum absolute atomic E-state index is 0. The van der Waals surface area contributed by atoms with Gasteiger partial charge in [0, 0.05) is 6.54 Å². The summed E-state index contributed by atoms with van der Waals surface area (Å²) < 4.78 is 12.8. The summed E-state index contributed by atoms with van der Waals surface area (Å²) >= 11 is 0. The highest BCUT2D eigenvalue weighted by molar-refractivity contribution is 5.85. The van der Waals surface area contributed by atoms with Crippen molar-refractivity contribution in [3.63, 3.8) is 0 Å². The zero-order chi connectivity index (χ0) is 14.2. The third-order valence-corrected chi connectivity index (χ3v) is 4.05. The molecule has 2 rings (SSSR count). The number of nitrogens with zero attached hydrogens (tertiary/aromatic N) is 1. The molecule has 1 aliphatic rings. The Balaban J connectivity index is 0.00000220. The zero-order valence-electron chi connectivity index (χ0n) is 12.9. The summed E-state index contributed by atoms with van der Waals surface area (Å²) in [6.45, 7) is 5.94. The van der Waals surface area contributed by atoms with Crippen molar-refractivity contribution in [1.82, 2.24) is 4.90 Å². The van der Waals surface area contributed by atoms with Gasteiger partial charge in [-0.2, -0.15) is 0 Å². The molecule has 1 unspecified atom stereocenters. The molecule has 0 N–H and O–H groups in total. The first-order chi connectivity index (χ1) is 9.78. The van der Waals surface area contributed by atoms with Crippen LogP contribution in [-0.4, -0.2) is 24.5 Å². The fourth-order valence-electron chi connectivity index (χ4n) is 2.86. The van der Waals surface area contributed by atoms with Crippen LogP contribution in [0.2, 0.25) is 0 Å². The fraction of sp³-hybridized carbons (Fsp3) is 0.556. The molecule has 0 spiro atoms. The Kier molecular flexibility index (Phi) is 8.63. The van der Waals surface area contributed by atoms with Gasteiger partial charge in [0.1, 0.15) is 5.82 Å². The molecule has 0 saturated carbocycles. The van der Waals surface area contributed by atoms with Gasteiger partial charge in [0.15, 0.2) is 0 Å². The molecule has 1 heterocycles. The molecular weight excluding hydrogens is 285 g/mol. The van der Waals surface area contributed by atoms with Crippen LogP contribution in [0.4, 0.5) is 4.39 Å². The first kappa shape index (κ1) is 18.2. The second-order valence-electron chi connectivity index (χ2n) is 5.82. The Morgan fingerprint density at radius 1 is 1.24 bits per heavy atom. The van der Waals surface area contributed by atoms with Gasteiger partial charge < -0.3 is 4.90 Å². The van der Waals surface area contributed by atoms with Gasteiger partial charge in [-0.05, 0) is 56.0 Å². The monoisotopic (exact) mass is 311 g/mol. The number of halogens is 2. The predicted molar refractivity (Wildman–Crippen MR) is 91.4 cm³/mol. The fourth-order valence-corrected chi connectivity index (χ4v) is 2.86. The summed E-state index contributed by atoms with van der Waals surface area (Å²) in [5.74, 6) is 0.484. The van der Waals surface area contributed by atoms with Gasteiger partial charge in [-0.1, -0.05) is 44.1 Å². The number of hydrogen-bond donors (Lipinski definition) is 0. The van der Waals surface area contributed by atoms with Crippen molar-refractivity contribution >= 4 is 18.5 Å². The Bertz CT molecular complexity index is 416. The van der Waals surface area contributed by atoms with E-state index in [1.165, 1.54) is 63.9 Å². The molecule has 0 radical (unpaired) electrons. The van der Waals surface area contributed by atoms with Crippen LogP contribution >= 0.6 is 12.4 Å². The Morgan fingerprint density at radius 3 is 2.71 bits per heavy atom. The highest BCUT2D eigenvalue weighted by Gasteiger charge is 2.16. The van der Waals surface area contributed by atoms with E-state index < -0.39 is 0 Å². The molecule has 118 valence electrons. The minimum atomic E-state index is -0.165. The van der Waals surface area contributed by atoms with Gasteiger partial charge in [0.25, 0.3) is 0 Å². The van der Waals surface area contributed by atoms with Crippen LogP contribution in [0.5, 0.6) is 0 Å². The van der Waals surface area contributed by atoms with Gasteiger partial charge in [-0.15, -0.1) is 12.4 Å². The lowest BCUT2D eigenvalue weighted by molar-refractivity contribution is 0.194. The highest BCUT2D eigenvalue weighted by Crippen LogP contribution is 2.19. The smallest absolute Gasteiger partial charge is 0.123 e. The maximum absolute atomic E-state index is 12.8. The summed E-state index contributed by atoms with van der Waals surface area (Å²) in [5, 5.41) is 0. The number of benzene rings is 1. The van der Waals surface area contributed by atoms with E-state index >= 15 is 0 Å². The topological polar surface area (TPSA) is 3.24 Å². The summed E-state index contributed by atoms with van der Waals surface area (Å²) in [5.41, 5.74) is 1.09. The SMILES string of the molecule is CCCCCN1CCCC(/C=C\c2ccc(F)cc2)C1.Cl. The van der Waals surface area contributed by atoms with E-state index in [1.807, 2.05) is 12.1 Å². The Morgan fingerprint density at radius 2 is 2.00 bits per heavy atom. The van der Waals surface area contributed by atoms with Gasteiger partial charge in [-0.3, -0.25) is 0 Å². The van der Waals surface area contributed by atoms with Crippen molar-refractivity contribution in [2.24, 2.45) is 5.92 Å². The molecule has 1 fully saturated rings. The van der Waals surface area contributed by atoms with Crippen molar-refractivity contribution in [2.45, 2.75) is 39.0 Å². The Hall–Kier alpha value is -0.860. The highest BCUT2D eigenvalue weighted by atomic mass is 35.5. The van der Waals surface area contributed by atoms with Gasteiger partial charge >= 0.3 is 0 Å². The van der Waals surface area contributed by atoms with Crippen LogP contribution in [-0.2, 0) is 0 Å². The number of unbranched alkanes of at least 4 members (excludes halogenated alkanes) is 2. The zero-order valence-corrected chi connectivity index (χ0v) is 13.7. The Labute approximate surface area is 134 Å². The van der Waals surface area contributed by atoms with Crippen molar-refractivity contribution in [2.75, 3.05) is 19.6 Å². The average Bonchev–Trinajstić information content (AvgIpc) is 2.47. The summed E-state index contributed by atoms with van der Waals surface area (Å²) in [4.78, 5) is 2.60. The van der Waals surface area contributed by atoms with Gasteiger partial charge in [0.2, 0.25) is 0 Å². The van der Waals surface area contributed by atoms with E-state index in [9.17, 15) is 4.39 Å². The molecule has 1 aromatic rings. The summed E-state index contributed by atoms with van der Waals surface area (Å²) in [7, 11) is 0. The molecule has 0 amide bonds. The minimum Gasteiger partial charge on any atom is -0.303 e. The molecule has 1 aromatic carbocycles. The van der Waals surface area contributed by atoms with Crippen LogP contribution in [0.15, 0.2) is 30.3 Å².